The lowest BCUT2D eigenvalue weighted by Gasteiger charge is -2.06. The normalized spacial score (nSPS) is 13.1. The fraction of sp³-hybridized carbons (Fsp3) is 1.00. The molecule has 0 radical (unpaired) electrons. The van der Waals surface area contributed by atoms with E-state index in [0.29, 0.717) is 5.16 Å². The highest BCUT2D eigenvalue weighted by Gasteiger charge is 2.04. The van der Waals surface area contributed by atoms with Crippen molar-refractivity contribution >= 4 is 17.8 Å². The highest BCUT2D eigenvalue weighted by atomic mass is 31.1. The molecule has 0 bridgehead atoms. The van der Waals surface area contributed by atoms with Crippen molar-refractivity contribution in [2.24, 2.45) is 4.52 Å². The van der Waals surface area contributed by atoms with Crippen LogP contribution in [0.3, 0.4) is 0 Å². The van der Waals surface area contributed by atoms with E-state index in [9.17, 15) is 0 Å². The first kappa shape index (κ1) is 7.53. The van der Waals surface area contributed by atoms with Crippen LogP contribution in [0.4, 0.5) is 0 Å². The van der Waals surface area contributed by atoms with Gasteiger partial charge in [-0.05, 0) is 9.39 Å². The first-order valence-corrected chi connectivity index (χ1v) is 3.55. The largest absolute Gasteiger partial charge is 0.252 e. The molecule has 0 aromatic heterocycles. The molecule has 0 heterocycles. The zero-order chi connectivity index (χ0) is 5.91. The Balaban J connectivity index is 3.56. The zero-order valence-electron chi connectivity index (χ0n) is 4.97. The van der Waals surface area contributed by atoms with Crippen LogP contribution in [0.1, 0.15) is 20.8 Å². The van der Waals surface area contributed by atoms with Gasteiger partial charge in [0.1, 0.15) is 0 Å². The molecule has 0 N–H and O–H groups in total. The average Bonchev–Trinajstić information content (AvgIpc) is 1.30. The van der Waals surface area contributed by atoms with E-state index in [1.54, 1.807) is 0 Å². The van der Waals surface area contributed by atoms with Crippen LogP contribution in [-0.2, 0) is 0 Å². The second-order valence-corrected chi connectivity index (χ2v) is 4.85. The first-order chi connectivity index (χ1) is 3.06. The van der Waals surface area contributed by atoms with Gasteiger partial charge in [-0.15, -0.1) is 0 Å². The van der Waals surface area contributed by atoms with Crippen molar-refractivity contribution < 1.29 is 0 Å². The van der Waals surface area contributed by atoms with Gasteiger partial charge in [-0.2, -0.15) is 0 Å². The minimum atomic E-state index is 0.335. The van der Waals surface area contributed by atoms with Crippen LogP contribution in [-0.4, -0.2) is 5.16 Å². The molecule has 0 amide bonds. The lowest BCUT2D eigenvalue weighted by atomic mass is 10.3. The molecule has 0 aromatic carbocycles. The topological polar surface area (TPSA) is 12.4 Å². The molecular formula is C4H11NP2. The Morgan fingerprint density at radius 2 is 1.86 bits per heavy atom. The van der Waals surface area contributed by atoms with Crippen molar-refractivity contribution in [3.8, 4) is 0 Å². The highest BCUT2D eigenvalue weighted by Crippen LogP contribution is 2.24. The number of rotatable bonds is 0. The number of hydrogen-bond donors (Lipinski definition) is 0. The predicted molar refractivity (Wildman–Crippen MR) is 38.8 cm³/mol. The molecule has 0 spiro atoms. The quantitative estimate of drug-likeness (QED) is 0.453. The molecule has 0 saturated heterocycles. The molecule has 1 unspecified atom stereocenters. The summed E-state index contributed by atoms with van der Waals surface area (Å²) >= 11 is 0. The van der Waals surface area contributed by atoms with Crippen molar-refractivity contribution in [2.75, 3.05) is 0 Å². The Hall–Kier alpha value is 0.530. The third-order valence-electron chi connectivity index (χ3n) is 0.358. The summed E-state index contributed by atoms with van der Waals surface area (Å²) in [4.78, 5) is 0. The Morgan fingerprint density at radius 3 is 1.86 bits per heavy atom. The molecule has 0 aromatic rings. The van der Waals surface area contributed by atoms with Gasteiger partial charge in [0.05, 0.1) is 0 Å². The second-order valence-electron chi connectivity index (χ2n) is 2.39. The van der Waals surface area contributed by atoms with E-state index in [0.717, 1.165) is 8.37 Å². The van der Waals surface area contributed by atoms with Crippen molar-refractivity contribution in [1.82, 2.24) is 0 Å². The van der Waals surface area contributed by atoms with E-state index in [1.165, 1.54) is 0 Å². The van der Waals surface area contributed by atoms with Gasteiger partial charge < -0.3 is 0 Å². The van der Waals surface area contributed by atoms with Crippen LogP contribution in [0.2, 0.25) is 0 Å². The summed E-state index contributed by atoms with van der Waals surface area (Å²) in [7, 11) is 3.50. The molecule has 3 heteroatoms. The van der Waals surface area contributed by atoms with Gasteiger partial charge in [0.25, 0.3) is 0 Å². The molecule has 1 atom stereocenters. The van der Waals surface area contributed by atoms with Crippen LogP contribution in [0, 0.1) is 0 Å². The van der Waals surface area contributed by atoms with Gasteiger partial charge >= 0.3 is 0 Å². The van der Waals surface area contributed by atoms with E-state index < -0.39 is 0 Å². The zero-order valence-corrected chi connectivity index (χ0v) is 7.02. The number of nitrogens with zero attached hydrogens (tertiary/aromatic N) is 1. The van der Waals surface area contributed by atoms with E-state index in [-0.39, 0.29) is 0 Å². The van der Waals surface area contributed by atoms with Crippen LogP contribution >= 0.6 is 17.8 Å². The highest BCUT2D eigenvalue weighted by molar-refractivity contribution is 7.36. The second kappa shape index (κ2) is 2.74. The van der Waals surface area contributed by atoms with Crippen LogP contribution in [0.15, 0.2) is 4.52 Å². The van der Waals surface area contributed by atoms with Crippen molar-refractivity contribution in [3.05, 3.63) is 0 Å². The van der Waals surface area contributed by atoms with Gasteiger partial charge in [-0.3, -0.25) is 4.52 Å². The lowest BCUT2D eigenvalue weighted by molar-refractivity contribution is 0.799. The van der Waals surface area contributed by atoms with E-state index in [1.807, 2.05) is 0 Å². The molecule has 7 heavy (non-hydrogen) atoms. The van der Waals surface area contributed by atoms with Crippen molar-refractivity contribution in [1.29, 1.82) is 0 Å². The summed E-state index contributed by atoms with van der Waals surface area (Å²) in [5.74, 6) is 0. The standard InChI is InChI=1S/C4H11NP2/c1-4(2,3)7-5-6/h6H2,1-3H3. The van der Waals surface area contributed by atoms with Gasteiger partial charge in [0, 0.05) is 13.5 Å². The number of hydrogen-bond acceptors (Lipinski definition) is 1. The maximum absolute atomic E-state index is 3.90. The summed E-state index contributed by atoms with van der Waals surface area (Å²) in [6, 6.07) is 0. The van der Waals surface area contributed by atoms with Crippen LogP contribution in [0.5, 0.6) is 0 Å². The maximum atomic E-state index is 3.90. The average molecular weight is 135 g/mol. The Kier molecular flexibility index (Phi) is 2.95. The Labute approximate surface area is 49.0 Å². The summed E-state index contributed by atoms with van der Waals surface area (Å²) in [6.07, 6.45) is 0. The predicted octanol–water partition coefficient (Wildman–Crippen LogP) is 2.70. The fourth-order valence-electron chi connectivity index (χ4n) is 0.173. The van der Waals surface area contributed by atoms with Crippen LogP contribution in [0.25, 0.3) is 0 Å². The Bertz CT molecular complexity index is 72.2. The maximum Gasteiger partial charge on any atom is 0.0214 e. The molecule has 0 fully saturated rings. The summed E-state index contributed by atoms with van der Waals surface area (Å²) in [6.45, 7) is 6.46. The van der Waals surface area contributed by atoms with E-state index in [2.05, 4.69) is 34.7 Å². The summed E-state index contributed by atoms with van der Waals surface area (Å²) < 4.78 is 3.90. The molecule has 0 aliphatic rings. The lowest BCUT2D eigenvalue weighted by Crippen LogP contribution is -1.99. The van der Waals surface area contributed by atoms with Crippen molar-refractivity contribution in [3.63, 3.8) is 0 Å². The van der Waals surface area contributed by atoms with Gasteiger partial charge in [-0.1, -0.05) is 20.8 Å². The summed E-state index contributed by atoms with van der Waals surface area (Å²) in [5.41, 5.74) is 0. The summed E-state index contributed by atoms with van der Waals surface area (Å²) in [5, 5.41) is 0.335. The fourth-order valence-corrected chi connectivity index (χ4v) is 1.56. The molecule has 0 rings (SSSR count). The molecular weight excluding hydrogens is 124 g/mol. The molecule has 1 nitrogen and oxygen atoms in total. The van der Waals surface area contributed by atoms with Gasteiger partial charge in [0.15, 0.2) is 0 Å². The smallest absolute Gasteiger partial charge is 0.0214 e. The van der Waals surface area contributed by atoms with E-state index in [4.69, 9.17) is 0 Å². The minimum Gasteiger partial charge on any atom is -0.252 e. The Morgan fingerprint density at radius 1 is 1.43 bits per heavy atom. The van der Waals surface area contributed by atoms with Crippen LogP contribution < -0.4 is 0 Å². The first-order valence-electron chi connectivity index (χ1n) is 2.18. The SMILES string of the molecule is CC(C)(C)P=NP. The molecule has 0 aliphatic carbocycles. The van der Waals surface area contributed by atoms with E-state index >= 15 is 0 Å². The molecule has 0 aliphatic heterocycles. The molecule has 0 saturated carbocycles. The third kappa shape index (κ3) is 6.53. The third-order valence-corrected chi connectivity index (χ3v) is 1.42. The van der Waals surface area contributed by atoms with Gasteiger partial charge in [-0.25, -0.2) is 0 Å². The van der Waals surface area contributed by atoms with Crippen molar-refractivity contribution in [2.45, 2.75) is 25.9 Å². The monoisotopic (exact) mass is 135 g/mol. The van der Waals surface area contributed by atoms with Gasteiger partial charge in [0.2, 0.25) is 0 Å². The minimum absolute atomic E-state index is 0.335. The molecule has 42 valence electrons.